The minimum atomic E-state index is -0.495. The van der Waals surface area contributed by atoms with E-state index in [0.717, 1.165) is 0 Å². The monoisotopic (exact) mass is 388 g/mol. The largest absolute Gasteiger partial charge is 0.503 e. The van der Waals surface area contributed by atoms with Crippen molar-refractivity contribution in [1.82, 2.24) is 0 Å². The van der Waals surface area contributed by atoms with Crippen LogP contribution in [0.2, 0.25) is 0 Å². The standard InChI is InChI=1S/C17H13BrN2O4/c1-2-24-16-9-11(8-15(18)17(16)21)7-13(10-19)12-3-5-14(6-4-12)20(22)23/h3-9,21H,2H2,1H3. The highest BCUT2D eigenvalue weighted by Crippen LogP contribution is 2.36. The molecule has 0 bridgehead atoms. The lowest BCUT2D eigenvalue weighted by molar-refractivity contribution is -0.384. The number of nitrogens with zero attached hydrogens (tertiary/aromatic N) is 2. The molecule has 0 unspecified atom stereocenters. The molecular weight excluding hydrogens is 376 g/mol. The number of benzene rings is 2. The summed E-state index contributed by atoms with van der Waals surface area (Å²) in [6.07, 6.45) is 1.62. The number of rotatable bonds is 5. The molecule has 24 heavy (non-hydrogen) atoms. The van der Waals surface area contributed by atoms with E-state index in [1.54, 1.807) is 25.1 Å². The Balaban J connectivity index is 2.44. The van der Waals surface area contributed by atoms with E-state index in [0.29, 0.717) is 33.5 Å². The van der Waals surface area contributed by atoms with Crippen LogP contribution in [-0.4, -0.2) is 16.6 Å². The molecule has 0 saturated carbocycles. The van der Waals surface area contributed by atoms with Crippen molar-refractivity contribution in [3.8, 4) is 17.6 Å². The van der Waals surface area contributed by atoms with Gasteiger partial charge in [-0.1, -0.05) is 0 Å². The SMILES string of the molecule is CCOc1cc(C=C(C#N)c2ccc([N+](=O)[O-])cc2)cc(Br)c1O. The Morgan fingerprint density at radius 1 is 1.42 bits per heavy atom. The van der Waals surface area contributed by atoms with E-state index >= 15 is 0 Å². The minimum Gasteiger partial charge on any atom is -0.503 e. The molecule has 0 aliphatic heterocycles. The Labute approximate surface area is 146 Å². The van der Waals surface area contributed by atoms with Gasteiger partial charge in [0.15, 0.2) is 11.5 Å². The zero-order valence-electron chi connectivity index (χ0n) is 12.7. The second-order valence-corrected chi connectivity index (χ2v) is 5.61. The number of non-ortho nitro benzene ring substituents is 1. The minimum absolute atomic E-state index is 0.0113. The zero-order chi connectivity index (χ0) is 17.7. The topological polar surface area (TPSA) is 96.4 Å². The van der Waals surface area contributed by atoms with Crippen LogP contribution in [0.1, 0.15) is 18.1 Å². The summed E-state index contributed by atoms with van der Waals surface area (Å²) in [6.45, 7) is 2.19. The van der Waals surface area contributed by atoms with Crippen LogP contribution < -0.4 is 4.74 Å². The lowest BCUT2D eigenvalue weighted by Crippen LogP contribution is -1.93. The van der Waals surface area contributed by atoms with Crippen LogP contribution >= 0.6 is 15.9 Å². The van der Waals surface area contributed by atoms with E-state index in [9.17, 15) is 20.5 Å². The van der Waals surface area contributed by atoms with Gasteiger partial charge in [-0.05, 0) is 64.3 Å². The van der Waals surface area contributed by atoms with Gasteiger partial charge < -0.3 is 9.84 Å². The van der Waals surface area contributed by atoms with Crippen LogP contribution in [0.15, 0.2) is 40.9 Å². The maximum absolute atomic E-state index is 10.7. The maximum atomic E-state index is 10.7. The zero-order valence-corrected chi connectivity index (χ0v) is 14.3. The fraction of sp³-hybridized carbons (Fsp3) is 0.118. The molecule has 0 fully saturated rings. The Morgan fingerprint density at radius 2 is 2.08 bits per heavy atom. The molecule has 2 aromatic rings. The van der Waals surface area contributed by atoms with E-state index in [-0.39, 0.29) is 11.4 Å². The van der Waals surface area contributed by atoms with Gasteiger partial charge in [0.2, 0.25) is 0 Å². The van der Waals surface area contributed by atoms with Crippen LogP contribution in [0.5, 0.6) is 11.5 Å². The van der Waals surface area contributed by atoms with Crippen LogP contribution in [0, 0.1) is 21.4 Å². The van der Waals surface area contributed by atoms with Crippen molar-refractivity contribution in [2.75, 3.05) is 6.61 Å². The molecular formula is C17H13BrN2O4. The van der Waals surface area contributed by atoms with Crippen molar-refractivity contribution in [3.05, 3.63) is 62.1 Å². The smallest absolute Gasteiger partial charge is 0.269 e. The van der Waals surface area contributed by atoms with Crippen molar-refractivity contribution < 1.29 is 14.8 Å². The summed E-state index contributed by atoms with van der Waals surface area (Å²) in [6, 6.07) is 11.1. The molecule has 0 atom stereocenters. The van der Waals surface area contributed by atoms with Gasteiger partial charge in [-0.15, -0.1) is 0 Å². The van der Waals surface area contributed by atoms with Gasteiger partial charge >= 0.3 is 0 Å². The Hall–Kier alpha value is -2.85. The summed E-state index contributed by atoms with van der Waals surface area (Å²) in [5.41, 5.74) is 1.51. The summed E-state index contributed by atoms with van der Waals surface area (Å²) >= 11 is 3.24. The number of ether oxygens (including phenoxy) is 1. The molecule has 6 nitrogen and oxygen atoms in total. The summed E-state index contributed by atoms with van der Waals surface area (Å²) < 4.78 is 5.80. The Kier molecular flexibility index (Phi) is 5.55. The highest BCUT2D eigenvalue weighted by Gasteiger charge is 2.10. The summed E-state index contributed by atoms with van der Waals surface area (Å²) in [5, 5.41) is 30.0. The van der Waals surface area contributed by atoms with Gasteiger partial charge in [-0.3, -0.25) is 10.1 Å². The fourth-order valence-electron chi connectivity index (χ4n) is 2.05. The maximum Gasteiger partial charge on any atom is 0.269 e. The Bertz CT molecular complexity index is 839. The van der Waals surface area contributed by atoms with E-state index in [2.05, 4.69) is 22.0 Å². The molecule has 0 aliphatic rings. The lowest BCUT2D eigenvalue weighted by atomic mass is 10.0. The van der Waals surface area contributed by atoms with E-state index in [4.69, 9.17) is 4.74 Å². The molecule has 0 aromatic heterocycles. The highest BCUT2D eigenvalue weighted by molar-refractivity contribution is 9.10. The third-order valence-corrected chi connectivity index (χ3v) is 3.78. The van der Waals surface area contributed by atoms with Crippen molar-refractivity contribution in [2.24, 2.45) is 0 Å². The first-order chi connectivity index (χ1) is 11.5. The van der Waals surface area contributed by atoms with Gasteiger partial charge in [0, 0.05) is 12.1 Å². The second kappa shape index (κ2) is 7.62. The van der Waals surface area contributed by atoms with Crippen molar-refractivity contribution in [3.63, 3.8) is 0 Å². The van der Waals surface area contributed by atoms with Gasteiger partial charge in [-0.2, -0.15) is 5.26 Å². The molecule has 2 rings (SSSR count). The van der Waals surface area contributed by atoms with E-state index < -0.39 is 4.92 Å². The van der Waals surface area contributed by atoms with Gasteiger partial charge in [0.05, 0.1) is 27.6 Å². The number of allylic oxidation sites excluding steroid dienone is 1. The molecule has 0 spiro atoms. The van der Waals surface area contributed by atoms with Crippen LogP contribution in [0.3, 0.4) is 0 Å². The molecule has 1 N–H and O–H groups in total. The molecule has 0 saturated heterocycles. The molecule has 0 heterocycles. The first kappa shape index (κ1) is 17.5. The first-order valence-corrected chi connectivity index (χ1v) is 7.77. The average molecular weight is 389 g/mol. The van der Waals surface area contributed by atoms with Crippen LogP contribution in [0.4, 0.5) is 5.69 Å². The number of nitriles is 1. The molecule has 0 aliphatic carbocycles. The Morgan fingerprint density at radius 3 is 2.62 bits per heavy atom. The van der Waals surface area contributed by atoms with Crippen molar-refractivity contribution in [2.45, 2.75) is 6.92 Å². The van der Waals surface area contributed by atoms with Crippen LogP contribution in [-0.2, 0) is 0 Å². The molecule has 0 radical (unpaired) electrons. The van der Waals surface area contributed by atoms with Crippen LogP contribution in [0.25, 0.3) is 11.6 Å². The van der Waals surface area contributed by atoms with Gasteiger partial charge in [0.25, 0.3) is 5.69 Å². The molecule has 122 valence electrons. The third-order valence-electron chi connectivity index (χ3n) is 3.17. The molecule has 2 aromatic carbocycles. The van der Waals surface area contributed by atoms with Crippen molar-refractivity contribution >= 4 is 33.3 Å². The van der Waals surface area contributed by atoms with E-state index in [1.807, 2.05) is 0 Å². The highest BCUT2D eigenvalue weighted by atomic mass is 79.9. The number of nitro groups is 1. The number of nitro benzene ring substituents is 1. The predicted octanol–water partition coefficient (Wildman–Crippen LogP) is 4.53. The summed E-state index contributed by atoms with van der Waals surface area (Å²) in [5.74, 6) is 0.293. The second-order valence-electron chi connectivity index (χ2n) is 4.76. The fourth-order valence-corrected chi connectivity index (χ4v) is 2.51. The average Bonchev–Trinajstić information content (AvgIpc) is 2.57. The van der Waals surface area contributed by atoms with Gasteiger partial charge in [0.1, 0.15) is 0 Å². The molecule has 0 amide bonds. The summed E-state index contributed by atoms with van der Waals surface area (Å²) in [4.78, 5) is 10.2. The third kappa shape index (κ3) is 3.91. The normalized spacial score (nSPS) is 11.0. The predicted molar refractivity (Wildman–Crippen MR) is 93.6 cm³/mol. The number of halogens is 1. The number of phenols is 1. The quantitative estimate of drug-likeness (QED) is 0.351. The number of hydrogen-bond acceptors (Lipinski definition) is 5. The van der Waals surface area contributed by atoms with Gasteiger partial charge in [-0.25, -0.2) is 0 Å². The van der Waals surface area contributed by atoms with E-state index in [1.165, 1.54) is 24.3 Å². The first-order valence-electron chi connectivity index (χ1n) is 6.98. The molecule has 7 heteroatoms. The number of hydrogen-bond donors (Lipinski definition) is 1. The number of phenolic OH excluding ortho intramolecular Hbond substituents is 1. The lowest BCUT2D eigenvalue weighted by Gasteiger charge is -2.09. The number of aromatic hydroxyl groups is 1. The summed E-state index contributed by atoms with van der Waals surface area (Å²) in [7, 11) is 0. The van der Waals surface area contributed by atoms with Crippen molar-refractivity contribution in [1.29, 1.82) is 5.26 Å².